The zero-order valence-corrected chi connectivity index (χ0v) is 23.2. The molecule has 43 heavy (non-hydrogen) atoms. The molecule has 0 aliphatic carbocycles. The molecule has 0 N–H and O–H groups in total. The lowest BCUT2D eigenvalue weighted by atomic mass is 9.98. The lowest BCUT2D eigenvalue weighted by Crippen LogP contribution is -1.95. The van der Waals surface area contributed by atoms with Crippen molar-refractivity contribution >= 4 is 22.1 Å². The number of aromatic nitrogens is 3. The van der Waals surface area contributed by atoms with Crippen LogP contribution in [-0.4, -0.2) is 15.0 Å². The molecule has 4 nitrogen and oxygen atoms in total. The molecule has 0 saturated heterocycles. The quantitative estimate of drug-likeness (QED) is 0.214. The summed E-state index contributed by atoms with van der Waals surface area (Å²) in [6, 6.07) is 51.7. The Labute approximate surface area is 249 Å². The van der Waals surface area contributed by atoms with Crippen molar-refractivity contribution in [2.75, 3.05) is 0 Å². The summed E-state index contributed by atoms with van der Waals surface area (Å²) in [5.41, 5.74) is 12.7. The van der Waals surface area contributed by atoms with Crippen LogP contribution in [0, 0.1) is 0 Å². The monoisotopic (exact) mass is 551 g/mol. The van der Waals surface area contributed by atoms with Gasteiger partial charge in [0.25, 0.3) is 0 Å². The molecule has 0 aliphatic rings. The molecule has 0 bridgehead atoms. The van der Waals surface area contributed by atoms with E-state index in [1.807, 2.05) is 54.6 Å². The Morgan fingerprint density at radius 3 is 1.21 bits per heavy atom. The van der Waals surface area contributed by atoms with Gasteiger partial charge in [-0.05, 0) is 58.7 Å². The average molecular weight is 552 g/mol. The van der Waals surface area contributed by atoms with Crippen LogP contribution in [0.1, 0.15) is 0 Å². The van der Waals surface area contributed by atoms with Crippen LogP contribution in [0.5, 0.6) is 0 Å². The van der Waals surface area contributed by atoms with E-state index in [0.717, 1.165) is 61.3 Å². The first-order valence-corrected chi connectivity index (χ1v) is 14.3. The normalized spacial score (nSPS) is 11.3. The minimum atomic E-state index is 0.627. The molecule has 0 aliphatic heterocycles. The molecule has 8 aromatic rings. The van der Waals surface area contributed by atoms with Crippen molar-refractivity contribution in [1.29, 1.82) is 0 Å². The summed E-state index contributed by atoms with van der Waals surface area (Å²) in [6.07, 6.45) is 0. The van der Waals surface area contributed by atoms with Gasteiger partial charge in [-0.25, -0.2) is 15.0 Å². The fraction of sp³-hybridized carbons (Fsp3) is 0. The van der Waals surface area contributed by atoms with Crippen molar-refractivity contribution in [2.45, 2.75) is 0 Å². The largest absolute Gasteiger partial charge is 0.436 e. The summed E-state index contributed by atoms with van der Waals surface area (Å²) >= 11 is 0. The van der Waals surface area contributed by atoms with Crippen LogP contribution in [-0.2, 0) is 0 Å². The van der Waals surface area contributed by atoms with Crippen LogP contribution >= 0.6 is 0 Å². The lowest BCUT2D eigenvalue weighted by Gasteiger charge is -2.12. The van der Waals surface area contributed by atoms with Gasteiger partial charge < -0.3 is 4.42 Å². The van der Waals surface area contributed by atoms with Crippen molar-refractivity contribution in [3.05, 3.63) is 152 Å². The fourth-order valence-electron chi connectivity index (χ4n) is 5.48. The van der Waals surface area contributed by atoms with Crippen molar-refractivity contribution in [3.63, 3.8) is 0 Å². The number of hydrogen-bond acceptors (Lipinski definition) is 4. The number of para-hydroxylation sites is 4. The maximum atomic E-state index is 5.95. The highest BCUT2D eigenvalue weighted by atomic mass is 16.3. The first kappa shape index (κ1) is 24.9. The summed E-state index contributed by atoms with van der Waals surface area (Å²) in [7, 11) is 0. The second kappa shape index (κ2) is 10.5. The third-order valence-electron chi connectivity index (χ3n) is 7.75. The lowest BCUT2D eigenvalue weighted by molar-refractivity contribution is 0.620. The van der Waals surface area contributed by atoms with E-state index in [1.54, 1.807) is 0 Å². The molecule has 0 spiro atoms. The number of benzene rings is 6. The molecule has 0 radical (unpaired) electrons. The second-order valence-electron chi connectivity index (χ2n) is 10.5. The van der Waals surface area contributed by atoms with Crippen LogP contribution in [0.25, 0.3) is 78.4 Å². The molecule has 6 aromatic carbocycles. The van der Waals surface area contributed by atoms with E-state index in [4.69, 9.17) is 14.4 Å². The predicted molar refractivity (Wildman–Crippen MR) is 174 cm³/mol. The van der Waals surface area contributed by atoms with E-state index >= 15 is 0 Å². The highest BCUT2D eigenvalue weighted by Crippen LogP contribution is 2.34. The Kier molecular flexibility index (Phi) is 6.08. The van der Waals surface area contributed by atoms with E-state index in [9.17, 15) is 0 Å². The average Bonchev–Trinajstić information content (AvgIpc) is 3.53. The number of fused-ring (bicyclic) bond motifs is 2. The van der Waals surface area contributed by atoms with E-state index in [1.165, 1.54) is 11.1 Å². The molecule has 2 heterocycles. The molecule has 4 heteroatoms. The molecule has 0 atom stereocenters. The zero-order valence-electron chi connectivity index (χ0n) is 23.2. The van der Waals surface area contributed by atoms with Crippen LogP contribution in [0.3, 0.4) is 0 Å². The van der Waals surface area contributed by atoms with Gasteiger partial charge in [0.15, 0.2) is 5.58 Å². The summed E-state index contributed by atoms with van der Waals surface area (Å²) in [6.45, 7) is 0. The van der Waals surface area contributed by atoms with Gasteiger partial charge in [-0.2, -0.15) is 0 Å². The Morgan fingerprint density at radius 2 is 0.698 bits per heavy atom. The first-order valence-electron chi connectivity index (χ1n) is 14.3. The minimum absolute atomic E-state index is 0.627. The van der Waals surface area contributed by atoms with Gasteiger partial charge >= 0.3 is 0 Å². The topological polar surface area (TPSA) is 51.8 Å². The van der Waals surface area contributed by atoms with Crippen molar-refractivity contribution in [3.8, 4) is 56.2 Å². The summed E-state index contributed by atoms with van der Waals surface area (Å²) in [4.78, 5) is 14.8. The molecule has 0 amide bonds. The zero-order chi connectivity index (χ0) is 28.6. The van der Waals surface area contributed by atoms with Gasteiger partial charge in [-0.15, -0.1) is 0 Å². The highest BCUT2D eigenvalue weighted by Gasteiger charge is 2.14. The fourth-order valence-corrected chi connectivity index (χ4v) is 5.48. The van der Waals surface area contributed by atoms with Crippen molar-refractivity contribution in [1.82, 2.24) is 15.0 Å². The smallest absolute Gasteiger partial charge is 0.227 e. The predicted octanol–water partition coefficient (Wildman–Crippen LogP) is 10.1. The van der Waals surface area contributed by atoms with E-state index in [-0.39, 0.29) is 0 Å². The maximum Gasteiger partial charge on any atom is 0.227 e. The van der Waals surface area contributed by atoms with Gasteiger partial charge in [0, 0.05) is 16.7 Å². The van der Waals surface area contributed by atoms with Crippen molar-refractivity contribution in [2.24, 2.45) is 0 Å². The van der Waals surface area contributed by atoms with Gasteiger partial charge in [0.05, 0.1) is 22.4 Å². The summed E-state index contributed by atoms with van der Waals surface area (Å²) < 4.78 is 5.95. The third-order valence-corrected chi connectivity index (χ3v) is 7.75. The number of rotatable bonds is 5. The van der Waals surface area contributed by atoms with Crippen LogP contribution in [0.15, 0.2) is 156 Å². The standard InChI is InChI=1S/C39H25N3O/c1-2-8-26(9-3-1)27-14-20-30(21-15-27)37-38(41-34-11-5-4-10-33(34)40-37)31-22-16-28(17-23-31)29-18-24-32(25-19-29)39-42-35-12-6-7-13-36(35)43-39/h1-25H. The van der Waals surface area contributed by atoms with Crippen LogP contribution in [0.2, 0.25) is 0 Å². The molecule has 0 fully saturated rings. The van der Waals surface area contributed by atoms with Gasteiger partial charge in [-0.1, -0.05) is 115 Å². The molecule has 2 aromatic heterocycles. The van der Waals surface area contributed by atoms with Crippen LogP contribution in [0.4, 0.5) is 0 Å². The van der Waals surface area contributed by atoms with E-state index < -0.39 is 0 Å². The first-order chi connectivity index (χ1) is 21.3. The summed E-state index contributed by atoms with van der Waals surface area (Å²) in [5.74, 6) is 0.627. The van der Waals surface area contributed by atoms with Gasteiger partial charge in [-0.3, -0.25) is 0 Å². The SMILES string of the molecule is c1ccc(-c2ccc(-c3nc4ccccc4nc3-c3ccc(-c4ccc(-c5nc6ccccc6o5)cc4)cc3)cc2)cc1. The molecular formula is C39H25N3O. The van der Waals surface area contributed by atoms with E-state index in [0.29, 0.717) is 5.89 Å². The van der Waals surface area contributed by atoms with Gasteiger partial charge in [0.1, 0.15) is 5.52 Å². The van der Waals surface area contributed by atoms with E-state index in [2.05, 4.69) is 102 Å². The van der Waals surface area contributed by atoms with Crippen molar-refractivity contribution < 1.29 is 4.42 Å². The maximum absolute atomic E-state index is 5.95. The Morgan fingerprint density at radius 1 is 0.302 bits per heavy atom. The third kappa shape index (κ3) is 4.75. The Bertz CT molecular complexity index is 2170. The Balaban J connectivity index is 1.13. The number of hydrogen-bond donors (Lipinski definition) is 0. The molecule has 8 rings (SSSR count). The minimum Gasteiger partial charge on any atom is -0.436 e. The molecule has 0 saturated carbocycles. The Hall–Kier alpha value is -5.87. The van der Waals surface area contributed by atoms with Crippen LogP contribution < -0.4 is 0 Å². The highest BCUT2D eigenvalue weighted by molar-refractivity contribution is 5.87. The molecule has 0 unspecified atom stereocenters. The molecular weight excluding hydrogens is 526 g/mol. The molecule has 202 valence electrons. The number of oxazole rings is 1. The van der Waals surface area contributed by atoms with Gasteiger partial charge in [0.2, 0.25) is 5.89 Å². The summed E-state index contributed by atoms with van der Waals surface area (Å²) in [5, 5.41) is 0. The number of nitrogens with zero attached hydrogens (tertiary/aromatic N) is 3. The second-order valence-corrected chi connectivity index (χ2v) is 10.5.